The van der Waals surface area contributed by atoms with Crippen molar-refractivity contribution in [3.8, 4) is 0 Å². The average Bonchev–Trinajstić information content (AvgIpc) is 3.41. The molecule has 148 valence electrons. The molecule has 29 heavy (non-hydrogen) atoms. The molecule has 0 saturated carbocycles. The summed E-state index contributed by atoms with van der Waals surface area (Å²) < 4.78 is 12.9. The van der Waals surface area contributed by atoms with Gasteiger partial charge in [-0.3, -0.25) is 0 Å². The summed E-state index contributed by atoms with van der Waals surface area (Å²) in [5.41, 5.74) is 5.66. The smallest absolute Gasteiger partial charge is 0.143 e. The highest BCUT2D eigenvalue weighted by Gasteiger charge is 2.44. The molecule has 0 radical (unpaired) electrons. The Balaban J connectivity index is 1.58. The van der Waals surface area contributed by atoms with Gasteiger partial charge in [0, 0.05) is 5.92 Å². The summed E-state index contributed by atoms with van der Waals surface area (Å²) in [5.74, 6) is 0.315. The van der Waals surface area contributed by atoms with E-state index in [-0.39, 0.29) is 12.1 Å². The standard InChI is InChI=1S/C25H25NO3/c1-4-10-19(11-5-1)25(20-12-6-2-7-13-20,21-14-8-3-9-15-21)28-18-24-22-16-29-26-23(22)17-27-24/h1-15,22-24,26H,16-18H2. The Hall–Kier alpha value is -2.50. The zero-order chi connectivity index (χ0) is 19.5. The van der Waals surface area contributed by atoms with Crippen molar-refractivity contribution in [2.24, 2.45) is 5.92 Å². The van der Waals surface area contributed by atoms with E-state index in [1.165, 1.54) is 0 Å². The van der Waals surface area contributed by atoms with Crippen LogP contribution < -0.4 is 5.48 Å². The molecule has 2 aliphatic heterocycles. The van der Waals surface area contributed by atoms with Crippen LogP contribution in [0.2, 0.25) is 0 Å². The van der Waals surface area contributed by atoms with Crippen molar-refractivity contribution in [1.82, 2.24) is 5.48 Å². The molecule has 2 aliphatic rings. The van der Waals surface area contributed by atoms with Crippen LogP contribution in [0.3, 0.4) is 0 Å². The van der Waals surface area contributed by atoms with Crippen molar-refractivity contribution in [1.29, 1.82) is 0 Å². The summed E-state index contributed by atoms with van der Waals surface area (Å²) in [4.78, 5) is 5.44. The monoisotopic (exact) mass is 387 g/mol. The SMILES string of the molecule is c1ccc(C(OCC2OCC3NOCC32)(c2ccccc2)c2ccccc2)cc1. The maximum atomic E-state index is 6.87. The lowest BCUT2D eigenvalue weighted by molar-refractivity contribution is -0.0656. The molecular formula is C25H25NO3. The second-order valence-corrected chi connectivity index (χ2v) is 7.66. The van der Waals surface area contributed by atoms with Crippen molar-refractivity contribution in [3.05, 3.63) is 108 Å². The summed E-state index contributed by atoms with van der Waals surface area (Å²) in [6.07, 6.45) is 0.00510. The van der Waals surface area contributed by atoms with Gasteiger partial charge in [-0.15, -0.1) is 0 Å². The molecule has 2 heterocycles. The van der Waals surface area contributed by atoms with Crippen LogP contribution in [0, 0.1) is 5.92 Å². The molecule has 3 atom stereocenters. The Morgan fingerprint density at radius 3 is 1.79 bits per heavy atom. The van der Waals surface area contributed by atoms with Gasteiger partial charge >= 0.3 is 0 Å². The van der Waals surface area contributed by atoms with E-state index in [4.69, 9.17) is 14.3 Å². The van der Waals surface area contributed by atoms with E-state index in [9.17, 15) is 0 Å². The van der Waals surface area contributed by atoms with Gasteiger partial charge in [0.05, 0.1) is 32.0 Å². The molecule has 5 rings (SSSR count). The average molecular weight is 387 g/mol. The number of rotatable bonds is 6. The maximum Gasteiger partial charge on any atom is 0.143 e. The van der Waals surface area contributed by atoms with Crippen LogP contribution in [0.1, 0.15) is 16.7 Å². The molecule has 0 bridgehead atoms. The molecule has 3 aromatic carbocycles. The molecule has 3 unspecified atom stereocenters. The second-order valence-electron chi connectivity index (χ2n) is 7.66. The largest absolute Gasteiger partial charge is 0.374 e. The third-order valence-electron chi connectivity index (χ3n) is 6.00. The minimum atomic E-state index is -0.710. The van der Waals surface area contributed by atoms with Crippen LogP contribution in [-0.2, 0) is 19.9 Å². The number of fused-ring (bicyclic) bond motifs is 1. The van der Waals surface area contributed by atoms with Crippen molar-refractivity contribution in [3.63, 3.8) is 0 Å². The van der Waals surface area contributed by atoms with Gasteiger partial charge < -0.3 is 14.3 Å². The lowest BCUT2D eigenvalue weighted by atomic mass is 9.80. The Bertz CT molecular complexity index is 820. The van der Waals surface area contributed by atoms with E-state index in [0.717, 1.165) is 16.7 Å². The summed E-state index contributed by atoms with van der Waals surface area (Å²) in [7, 11) is 0. The fraction of sp³-hybridized carbons (Fsp3) is 0.280. The highest BCUT2D eigenvalue weighted by molar-refractivity contribution is 5.47. The zero-order valence-electron chi connectivity index (χ0n) is 16.2. The molecule has 4 nitrogen and oxygen atoms in total. The van der Waals surface area contributed by atoms with Crippen LogP contribution >= 0.6 is 0 Å². The lowest BCUT2D eigenvalue weighted by Crippen LogP contribution is -2.37. The molecule has 2 saturated heterocycles. The Kier molecular flexibility index (Phi) is 5.17. The van der Waals surface area contributed by atoms with Crippen LogP contribution in [0.25, 0.3) is 0 Å². The quantitative estimate of drug-likeness (QED) is 0.651. The van der Waals surface area contributed by atoms with Gasteiger partial charge in [-0.05, 0) is 16.7 Å². The number of benzene rings is 3. The van der Waals surface area contributed by atoms with E-state index >= 15 is 0 Å². The molecule has 1 N–H and O–H groups in total. The zero-order valence-corrected chi connectivity index (χ0v) is 16.2. The highest BCUT2D eigenvalue weighted by atomic mass is 16.7. The van der Waals surface area contributed by atoms with Gasteiger partial charge in [-0.25, -0.2) is 0 Å². The topological polar surface area (TPSA) is 39.7 Å². The molecule has 0 spiro atoms. The number of hydroxylamine groups is 1. The molecule has 2 fully saturated rings. The fourth-order valence-corrected chi connectivity index (χ4v) is 4.48. The molecular weight excluding hydrogens is 362 g/mol. The second kappa shape index (κ2) is 8.09. The first kappa shape index (κ1) is 18.5. The molecule has 4 heteroatoms. The third kappa shape index (κ3) is 3.38. The van der Waals surface area contributed by atoms with Gasteiger partial charge in [-0.2, -0.15) is 5.48 Å². The minimum Gasteiger partial charge on any atom is -0.374 e. The normalized spacial score (nSPS) is 23.8. The van der Waals surface area contributed by atoms with E-state index in [2.05, 4.69) is 78.3 Å². The van der Waals surface area contributed by atoms with E-state index in [0.29, 0.717) is 25.7 Å². The Labute approximate surface area is 171 Å². The van der Waals surface area contributed by atoms with E-state index in [1.54, 1.807) is 0 Å². The number of hydrogen-bond donors (Lipinski definition) is 1. The van der Waals surface area contributed by atoms with Crippen molar-refractivity contribution >= 4 is 0 Å². The van der Waals surface area contributed by atoms with Gasteiger partial charge in [0.1, 0.15) is 5.60 Å². The first-order valence-corrected chi connectivity index (χ1v) is 10.2. The first-order chi connectivity index (χ1) is 14.4. The van der Waals surface area contributed by atoms with Crippen LogP contribution in [-0.4, -0.2) is 32.0 Å². The molecule has 3 aromatic rings. The Morgan fingerprint density at radius 2 is 1.28 bits per heavy atom. The summed E-state index contributed by atoms with van der Waals surface area (Å²) in [6.45, 7) is 1.81. The summed E-state index contributed by atoms with van der Waals surface area (Å²) >= 11 is 0. The van der Waals surface area contributed by atoms with Gasteiger partial charge in [0.15, 0.2) is 0 Å². The van der Waals surface area contributed by atoms with Gasteiger partial charge in [0.2, 0.25) is 0 Å². The maximum absolute atomic E-state index is 6.87. The van der Waals surface area contributed by atoms with Crippen molar-refractivity contribution < 1.29 is 14.3 Å². The lowest BCUT2D eigenvalue weighted by Gasteiger charge is -2.37. The van der Waals surface area contributed by atoms with E-state index in [1.807, 2.05) is 18.2 Å². The van der Waals surface area contributed by atoms with Crippen molar-refractivity contribution in [2.45, 2.75) is 17.7 Å². The molecule has 0 amide bonds. The summed E-state index contributed by atoms with van der Waals surface area (Å²) in [6, 6.07) is 31.6. The predicted octanol–water partition coefficient (Wildman–Crippen LogP) is 3.91. The number of nitrogens with one attached hydrogen (secondary N) is 1. The first-order valence-electron chi connectivity index (χ1n) is 10.2. The number of ether oxygens (including phenoxy) is 2. The minimum absolute atomic E-state index is 0.00510. The van der Waals surface area contributed by atoms with Crippen molar-refractivity contribution in [2.75, 3.05) is 19.8 Å². The molecule has 0 aliphatic carbocycles. The van der Waals surface area contributed by atoms with Gasteiger partial charge in [0.25, 0.3) is 0 Å². The summed E-state index contributed by atoms with van der Waals surface area (Å²) in [5, 5.41) is 0. The van der Waals surface area contributed by atoms with Crippen LogP contribution in [0.4, 0.5) is 0 Å². The Morgan fingerprint density at radius 1 is 0.759 bits per heavy atom. The number of hydrogen-bond acceptors (Lipinski definition) is 4. The van der Waals surface area contributed by atoms with E-state index < -0.39 is 5.60 Å². The highest BCUT2D eigenvalue weighted by Crippen LogP contribution is 2.41. The van der Waals surface area contributed by atoms with Crippen LogP contribution in [0.15, 0.2) is 91.0 Å². The van der Waals surface area contributed by atoms with Crippen LogP contribution in [0.5, 0.6) is 0 Å². The van der Waals surface area contributed by atoms with Gasteiger partial charge in [-0.1, -0.05) is 91.0 Å². The molecule has 0 aromatic heterocycles. The fourth-order valence-electron chi connectivity index (χ4n) is 4.48. The predicted molar refractivity (Wildman–Crippen MR) is 111 cm³/mol. The third-order valence-corrected chi connectivity index (χ3v) is 6.00.